The molecule has 1 aromatic rings. The number of ether oxygens (including phenoxy) is 1. The van der Waals surface area contributed by atoms with E-state index in [9.17, 15) is 8.42 Å². The molecule has 0 amide bonds. The summed E-state index contributed by atoms with van der Waals surface area (Å²) in [7, 11) is -1.97. The number of allylic oxidation sites excluding steroid dienone is 1. The van der Waals surface area contributed by atoms with E-state index in [2.05, 4.69) is 0 Å². The molecule has 0 N–H and O–H groups in total. The summed E-state index contributed by atoms with van der Waals surface area (Å²) in [5, 5.41) is -0.0761. The fourth-order valence-electron chi connectivity index (χ4n) is 2.08. The first kappa shape index (κ1) is 13.4. The van der Waals surface area contributed by atoms with Crippen LogP contribution < -0.4 is 4.74 Å². The topological polar surface area (TPSA) is 43.4 Å². The summed E-state index contributed by atoms with van der Waals surface area (Å²) in [6.45, 7) is 0. The molecule has 18 heavy (non-hydrogen) atoms. The van der Waals surface area contributed by atoms with Crippen LogP contribution in [0.3, 0.4) is 0 Å². The molecule has 2 rings (SSSR count). The molecule has 3 nitrogen and oxygen atoms in total. The molecule has 0 spiro atoms. The zero-order valence-electron chi connectivity index (χ0n) is 10.1. The van der Waals surface area contributed by atoms with Crippen molar-refractivity contribution in [3.63, 3.8) is 0 Å². The van der Waals surface area contributed by atoms with E-state index in [1.807, 2.05) is 6.08 Å². The summed E-state index contributed by atoms with van der Waals surface area (Å²) in [6.07, 6.45) is 6.17. The van der Waals surface area contributed by atoms with Gasteiger partial charge in [-0.05, 0) is 37.5 Å². The van der Waals surface area contributed by atoms with Crippen molar-refractivity contribution in [3.05, 3.63) is 35.4 Å². The molecule has 0 fully saturated rings. The molecule has 0 aromatic heterocycles. The molecule has 1 aliphatic carbocycles. The molecule has 0 heterocycles. The quantitative estimate of drug-likeness (QED) is 0.801. The van der Waals surface area contributed by atoms with E-state index in [-0.39, 0.29) is 4.90 Å². The average Bonchev–Trinajstić information content (AvgIpc) is 2.39. The summed E-state index contributed by atoms with van der Waals surface area (Å²) in [4.78, 5) is 0.175. The summed E-state index contributed by atoms with van der Waals surface area (Å²) < 4.78 is 30.2. The lowest BCUT2D eigenvalue weighted by Gasteiger charge is -2.18. The second-order valence-electron chi connectivity index (χ2n) is 4.24. The first-order chi connectivity index (χ1) is 8.55. The molecular weight excluding hydrogens is 272 g/mol. The Bertz CT molecular complexity index is 564. The van der Waals surface area contributed by atoms with Gasteiger partial charge >= 0.3 is 0 Å². The lowest BCUT2D eigenvalue weighted by molar-refractivity contribution is 0.402. The number of rotatable bonds is 3. The number of halogens is 1. The van der Waals surface area contributed by atoms with Crippen molar-refractivity contribution in [1.82, 2.24) is 0 Å². The molecule has 0 radical (unpaired) electrons. The predicted octanol–water partition coefficient (Wildman–Crippen LogP) is 3.23. The summed E-state index contributed by atoms with van der Waals surface area (Å²) in [5.41, 5.74) is 0. The van der Waals surface area contributed by atoms with Crippen LogP contribution in [0.2, 0.25) is 5.02 Å². The maximum absolute atomic E-state index is 12.5. The first-order valence-corrected chi connectivity index (χ1v) is 7.72. The molecule has 0 saturated carbocycles. The Hall–Kier alpha value is -1.00. The normalized spacial score (nSPS) is 19.8. The van der Waals surface area contributed by atoms with Crippen LogP contribution in [0.25, 0.3) is 0 Å². The van der Waals surface area contributed by atoms with Gasteiger partial charge in [0, 0.05) is 5.02 Å². The minimum absolute atomic E-state index is 0.175. The molecular formula is C13H15ClO3S. The van der Waals surface area contributed by atoms with E-state index in [0.29, 0.717) is 17.2 Å². The van der Waals surface area contributed by atoms with Crippen LogP contribution in [0.5, 0.6) is 5.75 Å². The second-order valence-corrected chi connectivity index (χ2v) is 6.81. The monoisotopic (exact) mass is 286 g/mol. The Balaban J connectivity index is 2.49. The van der Waals surface area contributed by atoms with Crippen molar-refractivity contribution in [3.8, 4) is 5.75 Å². The Morgan fingerprint density at radius 2 is 2.17 bits per heavy atom. The Labute approximate surface area is 112 Å². The van der Waals surface area contributed by atoms with Crippen LogP contribution >= 0.6 is 11.6 Å². The van der Waals surface area contributed by atoms with Gasteiger partial charge in [-0.3, -0.25) is 0 Å². The largest absolute Gasteiger partial charge is 0.495 e. The molecule has 1 aliphatic rings. The molecule has 1 atom stereocenters. The van der Waals surface area contributed by atoms with Gasteiger partial charge in [0.15, 0.2) is 9.84 Å². The highest BCUT2D eigenvalue weighted by Crippen LogP contribution is 2.32. The minimum Gasteiger partial charge on any atom is -0.495 e. The number of hydrogen-bond acceptors (Lipinski definition) is 3. The van der Waals surface area contributed by atoms with Gasteiger partial charge in [0.1, 0.15) is 10.6 Å². The van der Waals surface area contributed by atoms with Gasteiger partial charge in [0.25, 0.3) is 0 Å². The van der Waals surface area contributed by atoms with E-state index in [1.165, 1.54) is 13.2 Å². The Kier molecular flexibility index (Phi) is 3.97. The van der Waals surface area contributed by atoms with Crippen molar-refractivity contribution in [1.29, 1.82) is 0 Å². The molecule has 0 aliphatic heterocycles. The number of hydrogen-bond donors (Lipinski definition) is 0. The Morgan fingerprint density at radius 1 is 1.39 bits per heavy atom. The van der Waals surface area contributed by atoms with Gasteiger partial charge in [-0.1, -0.05) is 23.8 Å². The zero-order chi connectivity index (χ0) is 13.2. The van der Waals surface area contributed by atoms with Gasteiger partial charge in [-0.25, -0.2) is 8.42 Å². The van der Waals surface area contributed by atoms with E-state index in [0.717, 1.165) is 12.8 Å². The van der Waals surface area contributed by atoms with Crippen LogP contribution in [-0.4, -0.2) is 20.8 Å². The van der Waals surface area contributed by atoms with Crippen molar-refractivity contribution in [2.24, 2.45) is 0 Å². The highest BCUT2D eigenvalue weighted by molar-refractivity contribution is 7.92. The van der Waals surface area contributed by atoms with Crippen molar-refractivity contribution in [2.45, 2.75) is 29.4 Å². The molecule has 98 valence electrons. The van der Waals surface area contributed by atoms with Crippen LogP contribution in [0, 0.1) is 0 Å². The molecule has 1 unspecified atom stereocenters. The third kappa shape index (κ3) is 2.54. The summed E-state index contributed by atoms with van der Waals surface area (Å²) >= 11 is 5.88. The van der Waals surface area contributed by atoms with Crippen LogP contribution in [0.1, 0.15) is 19.3 Å². The van der Waals surface area contributed by atoms with Crippen molar-refractivity contribution >= 4 is 21.4 Å². The minimum atomic E-state index is -3.42. The first-order valence-electron chi connectivity index (χ1n) is 5.80. The Morgan fingerprint density at radius 3 is 2.78 bits per heavy atom. The smallest absolute Gasteiger partial charge is 0.188 e. The third-order valence-electron chi connectivity index (χ3n) is 3.04. The van der Waals surface area contributed by atoms with E-state index in [1.54, 1.807) is 18.2 Å². The maximum Gasteiger partial charge on any atom is 0.188 e. The summed E-state index contributed by atoms with van der Waals surface area (Å²) in [5.74, 6) is 0.346. The SMILES string of the molecule is COc1ccc(Cl)cc1S(=O)(=O)C1C=CCCC1. The number of benzene rings is 1. The lowest BCUT2D eigenvalue weighted by Crippen LogP contribution is -2.21. The highest BCUT2D eigenvalue weighted by Gasteiger charge is 2.29. The predicted molar refractivity (Wildman–Crippen MR) is 72.0 cm³/mol. The van der Waals surface area contributed by atoms with Crippen LogP contribution in [0.4, 0.5) is 0 Å². The van der Waals surface area contributed by atoms with Gasteiger partial charge in [0.2, 0.25) is 0 Å². The highest BCUT2D eigenvalue weighted by atomic mass is 35.5. The number of sulfone groups is 1. The van der Waals surface area contributed by atoms with Crippen LogP contribution in [-0.2, 0) is 9.84 Å². The third-order valence-corrected chi connectivity index (χ3v) is 5.40. The van der Waals surface area contributed by atoms with Crippen LogP contribution in [0.15, 0.2) is 35.2 Å². The van der Waals surface area contributed by atoms with Gasteiger partial charge in [0.05, 0.1) is 12.4 Å². The van der Waals surface area contributed by atoms with Gasteiger partial charge < -0.3 is 4.74 Å². The zero-order valence-corrected chi connectivity index (χ0v) is 11.7. The molecule has 0 saturated heterocycles. The standard InChI is InChI=1S/C13H15ClO3S/c1-17-12-8-7-10(14)9-13(12)18(15,16)11-5-3-2-4-6-11/h3,5,7-9,11H,2,4,6H2,1H3. The van der Waals surface area contributed by atoms with E-state index >= 15 is 0 Å². The van der Waals surface area contributed by atoms with Gasteiger partial charge in [-0.15, -0.1) is 0 Å². The fourth-order valence-corrected chi connectivity index (χ4v) is 4.16. The van der Waals surface area contributed by atoms with E-state index in [4.69, 9.17) is 16.3 Å². The fraction of sp³-hybridized carbons (Fsp3) is 0.385. The second kappa shape index (κ2) is 5.33. The molecule has 1 aromatic carbocycles. The lowest BCUT2D eigenvalue weighted by atomic mass is 10.1. The van der Waals surface area contributed by atoms with Crippen molar-refractivity contribution in [2.75, 3.05) is 7.11 Å². The average molecular weight is 287 g/mol. The van der Waals surface area contributed by atoms with Crippen molar-refractivity contribution < 1.29 is 13.2 Å². The summed E-state index contributed by atoms with van der Waals surface area (Å²) in [6, 6.07) is 4.66. The molecule has 5 heteroatoms. The maximum atomic E-state index is 12.5. The molecule has 0 bridgehead atoms. The van der Waals surface area contributed by atoms with Gasteiger partial charge in [-0.2, -0.15) is 0 Å². The number of methoxy groups -OCH3 is 1. The van der Waals surface area contributed by atoms with E-state index < -0.39 is 15.1 Å².